The number of aliphatic hydroxyl groups excluding tert-OH is 1. The molecule has 0 saturated carbocycles. The quantitative estimate of drug-likeness (QED) is 0.393. The Morgan fingerprint density at radius 3 is 1.83 bits per heavy atom. The average molecular weight is 113 g/mol. The lowest BCUT2D eigenvalue weighted by molar-refractivity contribution is -1.27. The third kappa shape index (κ3) is 454. The van der Waals surface area contributed by atoms with E-state index in [9.17, 15) is 0 Å². The molecule has 0 radical (unpaired) electrons. The molecule has 0 amide bonds. The molecule has 2 N–H and O–H groups in total. The minimum Gasteiger partial charge on any atom is -0.516 e. The molecular formula is C2H5ClO3. The predicted molar refractivity (Wildman–Crippen MR) is 15.0 cm³/mol. The maximum absolute atomic E-state index is 8.35. The van der Waals surface area contributed by atoms with Gasteiger partial charge in [-0.05, 0) is 0 Å². The van der Waals surface area contributed by atoms with E-state index < -0.39 is 0 Å². The molecular weight excluding hydrogens is 107 g/mol. The first-order valence-corrected chi connectivity index (χ1v) is 1.64. The van der Waals surface area contributed by atoms with Crippen LogP contribution in [0.25, 0.3) is 0 Å². The van der Waals surface area contributed by atoms with E-state index >= 15 is 0 Å². The zero-order valence-electron chi connectivity index (χ0n) is 2.97. The summed E-state index contributed by atoms with van der Waals surface area (Å²) in [6.45, 7) is 2.92. The fourth-order valence-corrected chi connectivity index (χ4v) is 0. The maximum Gasteiger partial charge on any atom is 0.327 e. The van der Waals surface area contributed by atoms with Crippen molar-refractivity contribution < 1.29 is 25.7 Å². The SMILES string of the molecule is C=CO.[O-][Cl+]O. The summed E-state index contributed by atoms with van der Waals surface area (Å²) < 4.78 is 15.2. The molecule has 0 rings (SSSR count). The minimum atomic E-state index is -0.167. The van der Waals surface area contributed by atoms with Gasteiger partial charge in [0, 0.05) is 0 Å². The molecule has 0 aromatic rings. The summed E-state index contributed by atoms with van der Waals surface area (Å²) in [6.07, 6.45) is 0.750. The molecule has 0 bridgehead atoms. The van der Waals surface area contributed by atoms with E-state index in [0.717, 1.165) is 6.26 Å². The third-order valence-electron chi connectivity index (χ3n) is 0. The highest BCUT2D eigenvalue weighted by Gasteiger charge is 1.47. The summed E-state index contributed by atoms with van der Waals surface area (Å²) in [4.78, 5) is 0. The van der Waals surface area contributed by atoms with Crippen LogP contribution in [-0.4, -0.2) is 9.77 Å². The van der Waals surface area contributed by atoms with Crippen molar-refractivity contribution >= 4 is 0 Å². The monoisotopic (exact) mass is 112 g/mol. The van der Waals surface area contributed by atoms with Crippen LogP contribution < -0.4 is 4.66 Å². The second-order valence-corrected chi connectivity index (χ2v) is 0.390. The van der Waals surface area contributed by atoms with E-state index in [1.165, 1.54) is 0 Å². The molecule has 0 aromatic heterocycles. The third-order valence-corrected chi connectivity index (χ3v) is 0. The van der Waals surface area contributed by atoms with Gasteiger partial charge in [-0.2, -0.15) is 0 Å². The Balaban J connectivity index is 0. The largest absolute Gasteiger partial charge is 0.516 e. The first-order chi connectivity index (χ1) is 2.83. The molecule has 0 atom stereocenters. The van der Waals surface area contributed by atoms with Crippen molar-refractivity contribution in [1.82, 2.24) is 0 Å². The smallest absolute Gasteiger partial charge is 0.327 e. The van der Waals surface area contributed by atoms with Crippen molar-refractivity contribution in [3.05, 3.63) is 12.8 Å². The van der Waals surface area contributed by atoms with Crippen LogP contribution in [0.5, 0.6) is 0 Å². The van der Waals surface area contributed by atoms with Crippen molar-refractivity contribution in [2.75, 3.05) is 0 Å². The van der Waals surface area contributed by atoms with Crippen LogP contribution in [0.1, 0.15) is 0 Å². The molecule has 0 unspecified atom stereocenters. The van der Waals surface area contributed by atoms with Gasteiger partial charge < -0.3 is 9.77 Å². The fraction of sp³-hybridized carbons (Fsp3) is 0. The van der Waals surface area contributed by atoms with Crippen LogP contribution in [-0.2, 0) is 0 Å². The van der Waals surface area contributed by atoms with Gasteiger partial charge in [0.05, 0.1) is 6.26 Å². The Labute approximate surface area is 39.6 Å². The summed E-state index contributed by atoms with van der Waals surface area (Å²) in [5.74, 6) is 0. The molecule has 0 aliphatic carbocycles. The molecule has 0 fully saturated rings. The number of rotatable bonds is 0. The lowest BCUT2D eigenvalue weighted by Gasteiger charge is -1.46. The standard InChI is InChI=1S/C2H4O.ClHO2/c1-2-3;2-1-3/h2-3H,1H2;2H. The normalized spacial score (nSPS) is 5.00. The Morgan fingerprint density at radius 1 is 1.83 bits per heavy atom. The molecule has 0 aromatic carbocycles. The van der Waals surface area contributed by atoms with Crippen LogP contribution in [0, 0.1) is 11.3 Å². The molecule has 3 nitrogen and oxygen atoms in total. The number of halogens is 1. The van der Waals surface area contributed by atoms with Crippen molar-refractivity contribution in [2.24, 2.45) is 0 Å². The summed E-state index contributed by atoms with van der Waals surface area (Å²) in [6, 6.07) is 0. The number of hydrogen-bond acceptors (Lipinski definition) is 3. The van der Waals surface area contributed by atoms with Crippen molar-refractivity contribution in [2.45, 2.75) is 0 Å². The molecule has 0 saturated heterocycles. The van der Waals surface area contributed by atoms with E-state index in [2.05, 4.69) is 6.58 Å². The van der Waals surface area contributed by atoms with Crippen molar-refractivity contribution in [3.63, 3.8) is 0 Å². The van der Waals surface area contributed by atoms with Gasteiger partial charge in [0.25, 0.3) is 0 Å². The summed E-state index contributed by atoms with van der Waals surface area (Å²) in [5, 5.41) is 7.33. The topological polar surface area (TPSA) is 63.5 Å². The highest BCUT2D eigenvalue weighted by atomic mass is 35.6. The predicted octanol–water partition coefficient (Wildman–Crippen LogP) is -1.06. The number of hydrogen-bond donors (Lipinski definition) is 2. The molecule has 0 spiro atoms. The van der Waals surface area contributed by atoms with E-state index in [0.29, 0.717) is 0 Å². The first kappa shape index (κ1) is 9.23. The summed E-state index contributed by atoms with van der Waals surface area (Å²) >= 11 is -0.167. The second kappa shape index (κ2) is 21.8. The second-order valence-electron chi connectivity index (χ2n) is 0.252. The van der Waals surface area contributed by atoms with Crippen molar-refractivity contribution in [1.29, 1.82) is 0 Å². The fourth-order valence-electron chi connectivity index (χ4n) is 0. The zero-order valence-corrected chi connectivity index (χ0v) is 3.72. The van der Waals surface area contributed by atoms with Gasteiger partial charge in [0.2, 0.25) is 0 Å². The van der Waals surface area contributed by atoms with Crippen LogP contribution in [0.15, 0.2) is 12.8 Å². The minimum absolute atomic E-state index is 0.167. The highest BCUT2D eigenvalue weighted by molar-refractivity contribution is 4.38. The molecule has 38 valence electrons. The van der Waals surface area contributed by atoms with Gasteiger partial charge in [-0.15, -0.1) is 4.66 Å². The van der Waals surface area contributed by atoms with Gasteiger partial charge in [0.15, 0.2) is 0 Å². The van der Waals surface area contributed by atoms with Gasteiger partial charge in [0.1, 0.15) is 0 Å². The average Bonchev–Trinajstić information content (AvgIpc) is 1.39. The lowest BCUT2D eigenvalue weighted by Crippen LogP contribution is -1.94. The lowest BCUT2D eigenvalue weighted by atomic mass is 11.2. The Bertz CT molecular complexity index is 22.8. The molecule has 0 heterocycles. The van der Waals surface area contributed by atoms with Crippen LogP contribution in [0.3, 0.4) is 0 Å². The van der Waals surface area contributed by atoms with E-state index in [-0.39, 0.29) is 11.3 Å². The van der Waals surface area contributed by atoms with E-state index in [4.69, 9.17) is 14.4 Å². The van der Waals surface area contributed by atoms with Crippen LogP contribution in [0.2, 0.25) is 0 Å². The molecule has 0 aliphatic heterocycles. The Hall–Kier alpha value is -0.250. The van der Waals surface area contributed by atoms with Gasteiger partial charge >= 0.3 is 11.3 Å². The summed E-state index contributed by atoms with van der Waals surface area (Å²) in [5.41, 5.74) is 0. The van der Waals surface area contributed by atoms with Gasteiger partial charge in [-0.25, -0.2) is 0 Å². The van der Waals surface area contributed by atoms with Crippen LogP contribution in [0.4, 0.5) is 0 Å². The van der Waals surface area contributed by atoms with Crippen LogP contribution >= 0.6 is 0 Å². The van der Waals surface area contributed by atoms with Gasteiger partial charge in [-0.3, -0.25) is 0 Å². The zero-order chi connectivity index (χ0) is 5.41. The molecule has 0 aliphatic rings. The highest BCUT2D eigenvalue weighted by Crippen LogP contribution is 1.26. The Kier molecular flexibility index (Phi) is 33.5. The Morgan fingerprint density at radius 2 is 1.83 bits per heavy atom. The van der Waals surface area contributed by atoms with Gasteiger partial charge in [-0.1, -0.05) is 6.58 Å². The molecule has 4 heteroatoms. The molecule has 6 heavy (non-hydrogen) atoms. The van der Waals surface area contributed by atoms with E-state index in [1.54, 1.807) is 0 Å². The maximum atomic E-state index is 8.35. The number of aliphatic hydroxyl groups is 1. The van der Waals surface area contributed by atoms with Crippen molar-refractivity contribution in [3.8, 4) is 0 Å². The van der Waals surface area contributed by atoms with E-state index in [1.807, 2.05) is 0 Å². The summed E-state index contributed by atoms with van der Waals surface area (Å²) in [7, 11) is 0. The first-order valence-electron chi connectivity index (χ1n) is 0.990.